The van der Waals surface area contributed by atoms with Gasteiger partial charge in [0.2, 0.25) is 0 Å². The first-order valence-corrected chi connectivity index (χ1v) is 6.75. The van der Waals surface area contributed by atoms with Crippen molar-refractivity contribution in [3.8, 4) is 0 Å². The second-order valence-corrected chi connectivity index (χ2v) is 7.15. The summed E-state index contributed by atoms with van der Waals surface area (Å²) in [5, 5.41) is 10.4. The summed E-state index contributed by atoms with van der Waals surface area (Å²) >= 11 is 0. The molecule has 16 heavy (non-hydrogen) atoms. The molecule has 3 saturated carbocycles. The molecule has 5 atom stereocenters. The Morgan fingerprint density at radius 1 is 1.38 bits per heavy atom. The summed E-state index contributed by atoms with van der Waals surface area (Å²) in [7, 11) is 0. The lowest BCUT2D eigenvalue weighted by atomic mass is 9.67. The van der Waals surface area contributed by atoms with Gasteiger partial charge in [0.1, 0.15) is 0 Å². The Morgan fingerprint density at radius 2 is 2.06 bits per heavy atom. The number of allylic oxidation sites excluding steroid dienone is 1. The van der Waals surface area contributed by atoms with Crippen molar-refractivity contribution in [3.05, 3.63) is 12.2 Å². The highest BCUT2D eigenvalue weighted by molar-refractivity contribution is 5.24. The lowest BCUT2D eigenvalue weighted by molar-refractivity contribution is 0.0300. The highest BCUT2D eigenvalue weighted by Crippen LogP contribution is 2.72. The van der Waals surface area contributed by atoms with Gasteiger partial charge in [0.05, 0.1) is 6.10 Å². The quantitative estimate of drug-likeness (QED) is 0.620. The number of rotatable bonds is 0. The third-order valence-electron chi connectivity index (χ3n) is 6.27. The molecule has 3 fully saturated rings. The van der Waals surface area contributed by atoms with Crippen molar-refractivity contribution in [3.63, 3.8) is 0 Å². The van der Waals surface area contributed by atoms with E-state index in [0.29, 0.717) is 23.2 Å². The fourth-order valence-electron chi connectivity index (χ4n) is 5.59. The maximum atomic E-state index is 10.4. The minimum absolute atomic E-state index is 0.0686. The van der Waals surface area contributed by atoms with E-state index in [9.17, 15) is 5.11 Å². The Balaban J connectivity index is 2.11. The van der Waals surface area contributed by atoms with E-state index in [1.807, 2.05) is 0 Å². The van der Waals surface area contributed by atoms with Crippen molar-refractivity contribution >= 4 is 0 Å². The van der Waals surface area contributed by atoms with Crippen molar-refractivity contribution < 1.29 is 5.11 Å². The molecule has 2 bridgehead atoms. The Labute approximate surface area is 98.9 Å². The third-order valence-corrected chi connectivity index (χ3v) is 6.27. The van der Waals surface area contributed by atoms with Crippen LogP contribution in [-0.2, 0) is 0 Å². The van der Waals surface area contributed by atoms with E-state index in [4.69, 9.17) is 0 Å². The molecule has 0 amide bonds. The van der Waals surface area contributed by atoms with Crippen molar-refractivity contribution in [2.45, 2.75) is 52.6 Å². The highest BCUT2D eigenvalue weighted by atomic mass is 16.3. The first-order valence-electron chi connectivity index (χ1n) is 6.75. The molecule has 0 aromatic heterocycles. The minimum Gasteiger partial charge on any atom is -0.393 e. The summed E-state index contributed by atoms with van der Waals surface area (Å²) < 4.78 is 0. The number of hydrogen-bond acceptors (Lipinski definition) is 1. The molecule has 0 aliphatic heterocycles. The first-order chi connectivity index (χ1) is 7.39. The summed E-state index contributed by atoms with van der Waals surface area (Å²) in [6.45, 7) is 11.4. The Hall–Kier alpha value is -0.300. The molecule has 3 aliphatic carbocycles. The number of aliphatic hydroxyl groups excluding tert-OH is 1. The van der Waals surface area contributed by atoms with Crippen LogP contribution in [0.1, 0.15) is 46.5 Å². The van der Waals surface area contributed by atoms with Gasteiger partial charge in [-0.25, -0.2) is 0 Å². The van der Waals surface area contributed by atoms with E-state index in [2.05, 4.69) is 27.4 Å². The maximum absolute atomic E-state index is 10.4. The topological polar surface area (TPSA) is 20.2 Å². The highest BCUT2D eigenvalue weighted by Gasteiger charge is 2.66. The number of aliphatic hydroxyl groups is 1. The van der Waals surface area contributed by atoms with Gasteiger partial charge in [-0.2, -0.15) is 0 Å². The molecular weight excluding hydrogens is 196 g/mol. The van der Waals surface area contributed by atoms with Gasteiger partial charge in [-0.05, 0) is 54.3 Å². The van der Waals surface area contributed by atoms with E-state index < -0.39 is 0 Å². The van der Waals surface area contributed by atoms with Crippen molar-refractivity contribution in [1.29, 1.82) is 0 Å². The fourth-order valence-corrected chi connectivity index (χ4v) is 5.59. The molecule has 3 aliphatic rings. The Morgan fingerprint density at radius 3 is 2.75 bits per heavy atom. The molecule has 90 valence electrons. The molecule has 5 unspecified atom stereocenters. The molecule has 0 aromatic carbocycles. The normalized spacial score (nSPS) is 54.1. The second kappa shape index (κ2) is 2.93. The minimum atomic E-state index is -0.0686. The predicted molar refractivity (Wildman–Crippen MR) is 66.0 cm³/mol. The van der Waals surface area contributed by atoms with Crippen LogP contribution in [0.4, 0.5) is 0 Å². The van der Waals surface area contributed by atoms with E-state index in [-0.39, 0.29) is 11.5 Å². The molecule has 1 N–H and O–H groups in total. The van der Waals surface area contributed by atoms with Gasteiger partial charge in [0, 0.05) is 0 Å². The van der Waals surface area contributed by atoms with Crippen molar-refractivity contribution in [2.75, 3.05) is 0 Å². The second-order valence-electron chi connectivity index (χ2n) is 7.15. The van der Waals surface area contributed by atoms with E-state index in [0.717, 1.165) is 6.42 Å². The van der Waals surface area contributed by atoms with E-state index >= 15 is 0 Å². The van der Waals surface area contributed by atoms with Crippen LogP contribution in [0.15, 0.2) is 12.2 Å². The zero-order valence-corrected chi connectivity index (χ0v) is 10.8. The molecule has 0 radical (unpaired) electrons. The monoisotopic (exact) mass is 220 g/mol. The lowest BCUT2D eigenvalue weighted by Crippen LogP contribution is -2.35. The summed E-state index contributed by atoms with van der Waals surface area (Å²) in [6.07, 6.45) is 4.71. The van der Waals surface area contributed by atoms with Crippen LogP contribution in [-0.4, -0.2) is 11.2 Å². The van der Waals surface area contributed by atoms with Crippen LogP contribution in [0, 0.1) is 28.6 Å². The first kappa shape index (κ1) is 10.8. The van der Waals surface area contributed by atoms with Gasteiger partial charge in [0.25, 0.3) is 0 Å². The maximum Gasteiger partial charge on any atom is 0.0581 e. The van der Waals surface area contributed by atoms with Gasteiger partial charge in [-0.1, -0.05) is 32.9 Å². The number of hydrogen-bond donors (Lipinski definition) is 1. The molecule has 0 heterocycles. The van der Waals surface area contributed by atoms with Crippen LogP contribution in [0.2, 0.25) is 0 Å². The summed E-state index contributed by atoms with van der Waals surface area (Å²) in [5.74, 6) is 1.87. The average molecular weight is 220 g/mol. The van der Waals surface area contributed by atoms with Crippen molar-refractivity contribution in [1.82, 2.24) is 0 Å². The summed E-state index contributed by atoms with van der Waals surface area (Å²) in [6, 6.07) is 0. The molecular formula is C15H24O. The van der Waals surface area contributed by atoms with Gasteiger partial charge < -0.3 is 5.11 Å². The molecule has 0 aromatic rings. The summed E-state index contributed by atoms with van der Waals surface area (Å²) in [4.78, 5) is 0. The predicted octanol–water partition coefficient (Wildman–Crippen LogP) is 3.39. The SMILES string of the molecule is C=C1CCC23CC1C(C)(C)C2C(O)CC3C. The van der Waals surface area contributed by atoms with E-state index in [1.165, 1.54) is 24.8 Å². The summed E-state index contributed by atoms with van der Waals surface area (Å²) in [5.41, 5.74) is 2.15. The smallest absolute Gasteiger partial charge is 0.0581 e. The van der Waals surface area contributed by atoms with Crippen LogP contribution in [0.25, 0.3) is 0 Å². The van der Waals surface area contributed by atoms with Crippen LogP contribution in [0.3, 0.4) is 0 Å². The molecule has 1 nitrogen and oxygen atoms in total. The van der Waals surface area contributed by atoms with Gasteiger partial charge in [-0.3, -0.25) is 0 Å². The largest absolute Gasteiger partial charge is 0.393 e. The van der Waals surface area contributed by atoms with Gasteiger partial charge >= 0.3 is 0 Å². The molecule has 1 heteroatoms. The molecule has 0 saturated heterocycles. The molecule has 3 rings (SSSR count). The van der Waals surface area contributed by atoms with E-state index in [1.54, 1.807) is 0 Å². The van der Waals surface area contributed by atoms with Crippen LogP contribution >= 0.6 is 0 Å². The standard InChI is InChI=1S/C15H24O/c1-9-5-6-15-8-11(9)14(3,4)13(15)12(16)7-10(15)2/h10-13,16H,1,5-8H2,2-4H3. The Bertz CT molecular complexity index is 343. The fraction of sp³-hybridized carbons (Fsp3) is 0.867. The van der Waals surface area contributed by atoms with Crippen molar-refractivity contribution in [2.24, 2.45) is 28.6 Å². The molecule has 1 spiro atoms. The van der Waals surface area contributed by atoms with Crippen LogP contribution < -0.4 is 0 Å². The average Bonchev–Trinajstić information content (AvgIpc) is 2.54. The number of fused-ring (bicyclic) bond motifs is 1. The zero-order valence-electron chi connectivity index (χ0n) is 10.8. The zero-order chi connectivity index (χ0) is 11.7. The Kier molecular flexibility index (Phi) is 1.98. The lowest BCUT2D eigenvalue weighted by Gasteiger charge is -2.38. The van der Waals surface area contributed by atoms with Crippen LogP contribution in [0.5, 0.6) is 0 Å². The van der Waals surface area contributed by atoms with Gasteiger partial charge in [0.15, 0.2) is 0 Å². The van der Waals surface area contributed by atoms with Gasteiger partial charge in [-0.15, -0.1) is 0 Å². The third kappa shape index (κ3) is 1.01.